The van der Waals surface area contributed by atoms with E-state index in [1.54, 1.807) is 6.92 Å². The molecule has 2 rings (SSSR count). The van der Waals surface area contributed by atoms with E-state index in [2.05, 4.69) is 12.6 Å². The smallest absolute Gasteiger partial charge is 0.212 e. The van der Waals surface area contributed by atoms with Gasteiger partial charge in [-0.1, -0.05) is 18.3 Å². The molecule has 0 saturated heterocycles. The number of benzene rings is 1. The van der Waals surface area contributed by atoms with Gasteiger partial charge in [0.25, 0.3) is 0 Å². The largest absolute Gasteiger partial charge is 0.489 e. The second-order valence-electron chi connectivity index (χ2n) is 4.40. The number of rotatable bonds is 5. The normalized spacial score (nSPS) is 10.1. The van der Waals surface area contributed by atoms with Crippen LogP contribution in [0.2, 0.25) is 5.02 Å². The van der Waals surface area contributed by atoms with E-state index in [4.69, 9.17) is 16.3 Å². The number of aromatic nitrogens is 1. The Kier molecular flexibility index (Phi) is 7.58. The summed E-state index contributed by atoms with van der Waals surface area (Å²) in [6.45, 7) is 5.47. The summed E-state index contributed by atoms with van der Waals surface area (Å²) < 4.78 is 34.8. The predicted molar refractivity (Wildman–Crippen MR) is 81.3 cm³/mol. The van der Waals surface area contributed by atoms with E-state index in [0.29, 0.717) is 0 Å². The molecule has 23 heavy (non-hydrogen) atoms. The number of hydrogen-bond donors (Lipinski definition) is 0. The fourth-order valence-corrected chi connectivity index (χ4v) is 2.18. The van der Waals surface area contributed by atoms with Crippen LogP contribution in [0.15, 0.2) is 35.6 Å². The van der Waals surface area contributed by atoms with E-state index >= 15 is 0 Å². The van der Waals surface area contributed by atoms with Crippen LogP contribution >= 0.6 is 11.6 Å². The maximum absolute atomic E-state index is 14.3. The first-order valence-electron chi connectivity index (χ1n) is 6.53. The van der Waals surface area contributed by atoms with Crippen LogP contribution in [0.25, 0.3) is 11.3 Å². The minimum Gasteiger partial charge on any atom is -0.489 e. The van der Waals surface area contributed by atoms with Gasteiger partial charge >= 0.3 is 0 Å². The predicted octanol–water partition coefficient (Wildman–Crippen LogP) is 3.83. The molecule has 1 aromatic carbocycles. The Hall–Kier alpha value is -1.04. The summed E-state index contributed by atoms with van der Waals surface area (Å²) in [4.78, 5) is 12.0. The van der Waals surface area contributed by atoms with Gasteiger partial charge in [-0.15, -0.1) is 0 Å². The minimum absolute atomic E-state index is 0. The Morgan fingerprint density at radius 3 is 2.52 bits per heavy atom. The van der Waals surface area contributed by atoms with Crippen molar-refractivity contribution in [2.45, 2.75) is 13.5 Å². The molecule has 0 bridgehead atoms. The van der Waals surface area contributed by atoms with Crippen molar-refractivity contribution < 1.29 is 46.2 Å². The summed E-state index contributed by atoms with van der Waals surface area (Å²) in [5.41, 5.74) is -0.868. The van der Waals surface area contributed by atoms with Crippen molar-refractivity contribution in [3.05, 3.63) is 63.9 Å². The second kappa shape index (κ2) is 8.71. The van der Waals surface area contributed by atoms with Gasteiger partial charge in [0.1, 0.15) is 12.4 Å². The molecule has 119 valence electrons. The Labute approximate surface area is 162 Å². The van der Waals surface area contributed by atoms with E-state index in [1.165, 1.54) is 12.1 Å². The quantitative estimate of drug-likeness (QED) is 0.551. The van der Waals surface area contributed by atoms with Gasteiger partial charge in [0.15, 0.2) is 0 Å². The molecule has 0 aliphatic heterocycles. The van der Waals surface area contributed by atoms with Crippen molar-refractivity contribution in [2.75, 3.05) is 6.61 Å². The first kappa shape index (κ1) is 20.0. The molecular formula is C16H13ClF2NO2Y-. The minimum atomic E-state index is -0.848. The van der Waals surface area contributed by atoms with Crippen LogP contribution in [0.4, 0.5) is 8.78 Å². The van der Waals surface area contributed by atoms with Crippen LogP contribution in [0.3, 0.4) is 0 Å². The van der Waals surface area contributed by atoms with Gasteiger partial charge in [-0.25, -0.2) is 8.78 Å². The Morgan fingerprint density at radius 2 is 2.00 bits per heavy atom. The van der Waals surface area contributed by atoms with Gasteiger partial charge in [-0.3, -0.25) is 4.79 Å². The monoisotopic (exact) mass is 413 g/mol. The zero-order valence-electron chi connectivity index (χ0n) is 12.4. The fourth-order valence-electron chi connectivity index (χ4n) is 2.03. The third-order valence-corrected chi connectivity index (χ3v) is 3.26. The summed E-state index contributed by atoms with van der Waals surface area (Å²) in [6.07, 6.45) is 1.46. The van der Waals surface area contributed by atoms with Gasteiger partial charge < -0.3 is 9.30 Å². The Balaban J connectivity index is 0.00000264. The summed E-state index contributed by atoms with van der Waals surface area (Å²) in [7, 11) is 0. The van der Waals surface area contributed by atoms with Crippen LogP contribution in [0.5, 0.6) is 5.75 Å². The summed E-state index contributed by atoms with van der Waals surface area (Å²) in [5, 5.41) is -0.0580. The van der Waals surface area contributed by atoms with Crippen LogP contribution in [-0.2, 0) is 39.3 Å². The van der Waals surface area contributed by atoms with Crippen molar-refractivity contribution in [1.82, 2.24) is 4.57 Å². The van der Waals surface area contributed by atoms with E-state index in [1.807, 2.05) is 0 Å². The molecule has 0 saturated carbocycles. The number of ether oxygens (including phenoxy) is 1. The molecule has 0 fully saturated rings. The topological polar surface area (TPSA) is 31.2 Å². The molecule has 1 heterocycles. The van der Waals surface area contributed by atoms with Crippen LogP contribution in [0, 0.1) is 17.7 Å². The molecular weight excluding hydrogens is 401 g/mol. The maximum Gasteiger partial charge on any atom is 0.212 e. The van der Waals surface area contributed by atoms with Crippen molar-refractivity contribution in [1.29, 1.82) is 0 Å². The maximum atomic E-state index is 14.3. The third-order valence-electron chi connectivity index (χ3n) is 2.99. The molecule has 1 radical (unpaired) electrons. The van der Waals surface area contributed by atoms with Gasteiger partial charge in [0.05, 0.1) is 11.6 Å². The average molecular weight is 414 g/mol. The van der Waals surface area contributed by atoms with Gasteiger partial charge in [0.2, 0.25) is 5.56 Å². The molecule has 0 amide bonds. The Morgan fingerprint density at radius 1 is 1.39 bits per heavy atom. The van der Waals surface area contributed by atoms with Crippen LogP contribution in [0.1, 0.15) is 6.92 Å². The zero-order valence-corrected chi connectivity index (χ0v) is 16.0. The molecule has 0 atom stereocenters. The molecule has 0 N–H and O–H groups in total. The molecule has 3 nitrogen and oxygen atoms in total. The molecule has 0 spiro atoms. The molecule has 0 unspecified atom stereocenters. The van der Waals surface area contributed by atoms with Gasteiger partial charge in [-0.2, -0.15) is 23.7 Å². The standard InChI is InChI=1S/C16H13ClF2NO2.Y/c1-3-7-22-10-8-12(18)15(13(19)9-10)14-6-5-11(17)16(21)20(14)4-2;/h3,5,8-9H,1,4,7H2,2H3;/q-1;. The molecule has 1 aromatic heterocycles. The summed E-state index contributed by atoms with van der Waals surface area (Å²) in [5.74, 6) is -1.66. The first-order chi connectivity index (χ1) is 10.5. The van der Waals surface area contributed by atoms with Crippen molar-refractivity contribution in [3.8, 4) is 17.0 Å². The fraction of sp³-hybridized carbons (Fsp3) is 0.188. The van der Waals surface area contributed by atoms with E-state index < -0.39 is 17.2 Å². The number of hydrogen-bond acceptors (Lipinski definition) is 2. The van der Waals surface area contributed by atoms with Crippen molar-refractivity contribution in [3.63, 3.8) is 0 Å². The van der Waals surface area contributed by atoms with Crippen LogP contribution in [-0.4, -0.2) is 11.2 Å². The summed E-state index contributed by atoms with van der Waals surface area (Å²) >= 11 is 5.73. The number of halogens is 3. The Bertz CT molecular complexity index is 754. The number of nitrogens with zero attached hydrogens (tertiary/aromatic N) is 1. The molecule has 7 heteroatoms. The molecule has 2 aromatic rings. The van der Waals surface area contributed by atoms with Crippen molar-refractivity contribution >= 4 is 11.6 Å². The van der Waals surface area contributed by atoms with E-state index in [0.717, 1.165) is 16.7 Å². The van der Waals surface area contributed by atoms with Gasteiger partial charge in [0, 0.05) is 56.4 Å². The molecule has 0 aliphatic rings. The summed E-state index contributed by atoms with van der Waals surface area (Å²) in [6, 6.07) is 5.95. The van der Waals surface area contributed by atoms with E-state index in [-0.39, 0.29) is 67.9 Å². The van der Waals surface area contributed by atoms with Crippen molar-refractivity contribution in [2.24, 2.45) is 0 Å². The number of pyridine rings is 1. The van der Waals surface area contributed by atoms with Crippen LogP contribution < -0.4 is 10.3 Å². The van der Waals surface area contributed by atoms with Gasteiger partial charge in [-0.05, 0) is 12.5 Å². The SMILES string of the molecule is C=CCOc1cc(F)c(-c2[c-]cc(Cl)c(=O)n2CC)c(F)c1.[Y]. The average Bonchev–Trinajstić information content (AvgIpc) is 2.48. The zero-order chi connectivity index (χ0) is 16.3. The van der Waals surface area contributed by atoms with E-state index in [9.17, 15) is 13.6 Å². The second-order valence-corrected chi connectivity index (χ2v) is 4.80. The third kappa shape index (κ3) is 4.28. The molecule has 0 aliphatic carbocycles. The first-order valence-corrected chi connectivity index (χ1v) is 6.91.